The fourth-order valence-corrected chi connectivity index (χ4v) is 14.3. The van der Waals surface area contributed by atoms with Gasteiger partial charge in [0, 0.05) is 63.4 Å². The van der Waals surface area contributed by atoms with Crippen molar-refractivity contribution < 1.29 is 36.2 Å². The normalized spacial score (nSPS) is 29.1. The first-order chi connectivity index (χ1) is 50.1. The van der Waals surface area contributed by atoms with E-state index < -0.39 is 0 Å². The first-order valence-electron chi connectivity index (χ1n) is 38.3. The molecule has 0 spiro atoms. The zero-order chi connectivity index (χ0) is 74.1. The molecular weight excluding hydrogens is 1330 g/mol. The van der Waals surface area contributed by atoms with E-state index in [0.29, 0.717) is 95.2 Å². The third-order valence-corrected chi connectivity index (χ3v) is 20.7. The van der Waals surface area contributed by atoms with Crippen LogP contribution in [0.15, 0.2) is 36.2 Å². The highest BCUT2D eigenvalue weighted by molar-refractivity contribution is 5.05. The highest BCUT2D eigenvalue weighted by Gasteiger charge is 2.33. The molecule has 8 aliphatic rings. The number of aromatic nitrogens is 16. The first kappa shape index (κ1) is 80.9. The molecule has 8 N–H and O–H groups in total. The molecule has 576 valence electrons. The summed E-state index contributed by atoms with van der Waals surface area (Å²) < 4.78 is 41.3. The Bertz CT molecular complexity index is 3310. The van der Waals surface area contributed by atoms with Gasteiger partial charge in [-0.1, -0.05) is 68.9 Å². The van der Waals surface area contributed by atoms with Gasteiger partial charge in [0.2, 0.25) is 47.1 Å². The maximum absolute atomic E-state index is 5.17. The van der Waals surface area contributed by atoms with Crippen molar-refractivity contribution in [2.24, 2.45) is 23.7 Å². The summed E-state index contributed by atoms with van der Waals surface area (Å²) in [6.07, 6.45) is 14.0. The van der Waals surface area contributed by atoms with Crippen molar-refractivity contribution in [2.45, 2.75) is 259 Å². The molecule has 0 radical (unpaired) electrons. The summed E-state index contributed by atoms with van der Waals surface area (Å²) in [6.45, 7) is 44.9. The predicted molar refractivity (Wildman–Crippen MR) is 388 cm³/mol. The van der Waals surface area contributed by atoms with Crippen molar-refractivity contribution >= 4 is 0 Å². The minimum Gasteiger partial charge on any atom is -0.339 e. The fraction of sp³-hybridized carbons (Fsp3) is 0.778. The van der Waals surface area contributed by atoms with E-state index in [4.69, 9.17) is 36.2 Å². The Balaban J connectivity index is 0.000000138. The first-order valence-corrected chi connectivity index (χ1v) is 38.3. The van der Waals surface area contributed by atoms with E-state index in [9.17, 15) is 0 Å². The van der Waals surface area contributed by atoms with Gasteiger partial charge < -0.3 is 78.7 Å². The van der Waals surface area contributed by atoms with Crippen LogP contribution in [0.3, 0.4) is 0 Å². The molecule has 8 fully saturated rings. The standard InChI is InChI=1S/8C9H15N3O/c2*1-6-3-8(5-10-4-6)9-11-7(2)12-13-9;2*1-6-3-4-10-5-8(6)9-11-7(2)12-13-9;2*1-6-3-4-8(5-10-6)9-11-7(2)12-13-9;2*1-6-8(4-3-5-10-6)9-11-7(2)12-13-9/h8*6,8,10H,3-5H2,1-2H3/t6-,8+;6-,8-;6-,8+;6-,8-;6-,8+;6-,8-;6-,8+;6-,8-/m00110011/s1. The Hall–Kier alpha value is -7.20. The van der Waals surface area contributed by atoms with Crippen molar-refractivity contribution in [3.8, 4) is 0 Å². The number of nitrogens with zero attached hydrogens (tertiary/aromatic N) is 16. The number of nitrogens with one attached hydrogen (secondary N) is 8. The lowest BCUT2D eigenvalue weighted by Crippen LogP contribution is -2.37. The lowest BCUT2D eigenvalue weighted by molar-refractivity contribution is 0.269. The van der Waals surface area contributed by atoms with Gasteiger partial charge in [-0.2, -0.15) is 39.9 Å². The van der Waals surface area contributed by atoms with E-state index >= 15 is 0 Å². The minimum absolute atomic E-state index is 0.398. The van der Waals surface area contributed by atoms with E-state index in [1.54, 1.807) is 0 Å². The highest BCUT2D eigenvalue weighted by atomic mass is 16.5. The minimum atomic E-state index is 0.398. The third kappa shape index (κ3) is 25.5. The zero-order valence-corrected chi connectivity index (χ0v) is 64.6. The largest absolute Gasteiger partial charge is 0.339 e. The summed E-state index contributed by atoms with van der Waals surface area (Å²) >= 11 is 0. The van der Waals surface area contributed by atoms with E-state index in [-0.39, 0.29) is 0 Å². The van der Waals surface area contributed by atoms with Gasteiger partial charge in [0.25, 0.3) is 0 Å². The molecule has 8 aromatic heterocycles. The van der Waals surface area contributed by atoms with E-state index in [1.807, 2.05) is 55.4 Å². The Morgan fingerprint density at radius 1 is 0.260 bits per heavy atom. The average Bonchev–Trinajstić information content (AvgIpc) is 1.67. The van der Waals surface area contributed by atoms with E-state index in [1.165, 1.54) is 38.5 Å². The molecule has 8 aromatic rings. The van der Waals surface area contributed by atoms with Crippen LogP contribution >= 0.6 is 0 Å². The molecule has 32 heteroatoms. The molecule has 0 saturated carbocycles. The Labute approximate surface area is 612 Å². The highest BCUT2D eigenvalue weighted by Crippen LogP contribution is 2.32. The number of hydrogen-bond acceptors (Lipinski definition) is 32. The smallest absolute Gasteiger partial charge is 0.231 e. The predicted octanol–water partition coefficient (Wildman–Crippen LogP) is 9.30. The summed E-state index contributed by atoms with van der Waals surface area (Å²) in [4.78, 5) is 34.1. The lowest BCUT2D eigenvalue weighted by Gasteiger charge is -2.26. The molecule has 0 bridgehead atoms. The molecule has 16 rings (SSSR count). The zero-order valence-electron chi connectivity index (χ0n) is 64.6. The van der Waals surface area contributed by atoms with Gasteiger partial charge in [-0.15, -0.1) is 0 Å². The van der Waals surface area contributed by atoms with Crippen LogP contribution in [0.2, 0.25) is 0 Å². The van der Waals surface area contributed by atoms with Gasteiger partial charge in [-0.3, -0.25) is 0 Å². The summed E-state index contributed by atoms with van der Waals surface area (Å²) in [5.74, 6) is 18.1. The second-order valence-electron chi connectivity index (χ2n) is 30.1. The summed E-state index contributed by atoms with van der Waals surface area (Å²) in [7, 11) is 0. The number of hydrogen-bond donors (Lipinski definition) is 8. The molecule has 8 aliphatic heterocycles. The van der Waals surface area contributed by atoms with Crippen molar-refractivity contribution in [3.63, 3.8) is 0 Å². The average molecular weight is 1450 g/mol. The summed E-state index contributed by atoms with van der Waals surface area (Å²) in [6, 6.07) is 2.16. The van der Waals surface area contributed by atoms with E-state index in [0.717, 1.165) is 211 Å². The van der Waals surface area contributed by atoms with Crippen LogP contribution < -0.4 is 42.5 Å². The van der Waals surface area contributed by atoms with Crippen molar-refractivity contribution in [1.29, 1.82) is 0 Å². The van der Waals surface area contributed by atoms with Gasteiger partial charge in [0.1, 0.15) is 0 Å². The summed E-state index contributed by atoms with van der Waals surface area (Å²) in [5, 5.41) is 57.5. The van der Waals surface area contributed by atoms with Crippen LogP contribution in [0.25, 0.3) is 0 Å². The molecule has 0 unspecified atom stereocenters. The molecule has 16 heterocycles. The second-order valence-corrected chi connectivity index (χ2v) is 30.1. The molecule has 0 aromatic carbocycles. The van der Waals surface area contributed by atoms with Crippen molar-refractivity contribution in [2.75, 3.05) is 78.5 Å². The number of piperidine rings is 8. The SMILES string of the molecule is Cc1noc([C@@H]2CCCN[C@@H]2C)n1.Cc1noc([C@@H]2CC[C@H](C)NC2)n1.Cc1noc([C@@H]2CNCC[C@H]2C)n1.Cc1noc([C@@H]2CNC[C@@H](C)C2)n1.Cc1noc([C@H]2CCCN[C@@H]2C)n1.Cc1noc([C@H]2CC[C@H](C)NC2)n1.Cc1noc([C@H]2CNCC[C@H]2C)n1.Cc1noc([C@H]2CNC[C@@H](C)C2)n1. The molecule has 8 saturated heterocycles. The quantitative estimate of drug-likeness (QED) is 0.0702. The molecular formula is C72H120N24O8. The topological polar surface area (TPSA) is 408 Å². The fourth-order valence-electron chi connectivity index (χ4n) is 14.3. The van der Waals surface area contributed by atoms with Crippen LogP contribution in [0.4, 0.5) is 0 Å². The number of aryl methyl sites for hydroxylation is 8. The maximum atomic E-state index is 5.17. The van der Waals surface area contributed by atoms with Crippen LogP contribution in [-0.2, 0) is 0 Å². The maximum Gasteiger partial charge on any atom is 0.231 e. The third-order valence-electron chi connectivity index (χ3n) is 20.7. The molecule has 32 nitrogen and oxygen atoms in total. The monoisotopic (exact) mass is 1450 g/mol. The van der Waals surface area contributed by atoms with Gasteiger partial charge >= 0.3 is 0 Å². The molecule has 16 atom stereocenters. The number of rotatable bonds is 8. The molecule has 104 heavy (non-hydrogen) atoms. The van der Waals surface area contributed by atoms with Gasteiger partial charge in [-0.25, -0.2) is 0 Å². The van der Waals surface area contributed by atoms with Crippen LogP contribution in [0.1, 0.15) is 274 Å². The second kappa shape index (κ2) is 41.1. The Morgan fingerprint density at radius 3 is 0.798 bits per heavy atom. The lowest BCUT2D eigenvalue weighted by atomic mass is 9.88. The van der Waals surface area contributed by atoms with Crippen LogP contribution in [0, 0.1) is 79.1 Å². The van der Waals surface area contributed by atoms with E-state index in [2.05, 4.69) is 179 Å². The van der Waals surface area contributed by atoms with Crippen LogP contribution in [-0.4, -0.2) is 184 Å². The Morgan fingerprint density at radius 2 is 0.548 bits per heavy atom. The molecule has 0 amide bonds. The Kier molecular flexibility index (Phi) is 31.9. The van der Waals surface area contributed by atoms with Gasteiger partial charge in [-0.05, 0) is 223 Å². The van der Waals surface area contributed by atoms with Crippen molar-refractivity contribution in [3.05, 3.63) is 93.7 Å². The van der Waals surface area contributed by atoms with Crippen LogP contribution in [0.5, 0.6) is 0 Å². The molecule has 0 aliphatic carbocycles. The van der Waals surface area contributed by atoms with Crippen molar-refractivity contribution in [1.82, 2.24) is 124 Å². The van der Waals surface area contributed by atoms with Gasteiger partial charge in [0.15, 0.2) is 46.6 Å². The van der Waals surface area contributed by atoms with Gasteiger partial charge in [0.05, 0.1) is 47.3 Å². The summed E-state index contributed by atoms with van der Waals surface area (Å²) in [5.41, 5.74) is 0.